The number of ether oxygens (including phenoxy) is 1. The van der Waals surface area contributed by atoms with Crippen molar-refractivity contribution in [3.63, 3.8) is 0 Å². The van der Waals surface area contributed by atoms with E-state index in [9.17, 15) is 4.79 Å². The predicted molar refractivity (Wildman–Crippen MR) is 118 cm³/mol. The van der Waals surface area contributed by atoms with Crippen molar-refractivity contribution in [3.8, 4) is 5.75 Å². The summed E-state index contributed by atoms with van der Waals surface area (Å²) in [5, 5.41) is 4.18. The molecule has 0 radical (unpaired) electrons. The summed E-state index contributed by atoms with van der Waals surface area (Å²) in [4.78, 5) is 12.9. The van der Waals surface area contributed by atoms with Gasteiger partial charge < -0.3 is 4.74 Å². The minimum atomic E-state index is -0.296. The first-order valence-corrected chi connectivity index (χ1v) is 10.2. The van der Waals surface area contributed by atoms with E-state index in [-0.39, 0.29) is 17.2 Å². The van der Waals surface area contributed by atoms with Crippen LogP contribution in [-0.2, 0) is 10.2 Å². The molecule has 29 heavy (non-hydrogen) atoms. The molecule has 1 aliphatic rings. The summed E-state index contributed by atoms with van der Waals surface area (Å²) in [7, 11) is 1.61. The van der Waals surface area contributed by atoms with Gasteiger partial charge in [0.1, 0.15) is 5.75 Å². The first kappa shape index (κ1) is 19.4. The van der Waals surface area contributed by atoms with Crippen molar-refractivity contribution < 1.29 is 9.53 Å². The lowest BCUT2D eigenvalue weighted by atomic mass is 9.85. The van der Waals surface area contributed by atoms with E-state index in [1.54, 1.807) is 13.3 Å². The number of carbonyl (C=O) groups excluding carboxylic acids is 1. The lowest BCUT2D eigenvalue weighted by molar-refractivity contribution is -0.122. The van der Waals surface area contributed by atoms with Crippen LogP contribution in [0, 0.1) is 5.92 Å². The van der Waals surface area contributed by atoms with Gasteiger partial charge >= 0.3 is 0 Å². The molecule has 0 unspecified atom stereocenters. The Labute approximate surface area is 178 Å². The number of nitrogens with one attached hydrogen (secondary N) is 1. The van der Waals surface area contributed by atoms with Gasteiger partial charge in [0.05, 0.1) is 19.2 Å². The van der Waals surface area contributed by atoms with Gasteiger partial charge in [-0.15, -0.1) is 0 Å². The maximum absolute atomic E-state index is 12.9. The van der Waals surface area contributed by atoms with Crippen LogP contribution in [0.3, 0.4) is 0 Å². The highest BCUT2D eigenvalue weighted by Crippen LogP contribution is 2.58. The number of nitrogens with zero attached hydrogens (tertiary/aromatic N) is 1. The van der Waals surface area contributed by atoms with Crippen LogP contribution >= 0.6 is 15.9 Å². The average molecular weight is 449 g/mol. The molecule has 1 N–H and O–H groups in total. The Morgan fingerprint density at radius 2 is 1.69 bits per heavy atom. The van der Waals surface area contributed by atoms with Crippen LogP contribution in [0.5, 0.6) is 5.75 Å². The van der Waals surface area contributed by atoms with Gasteiger partial charge in [0.2, 0.25) is 5.91 Å². The molecule has 1 atom stereocenters. The second-order valence-corrected chi connectivity index (χ2v) is 8.00. The lowest BCUT2D eigenvalue weighted by Crippen LogP contribution is -2.25. The van der Waals surface area contributed by atoms with E-state index in [0.717, 1.165) is 27.6 Å². The van der Waals surface area contributed by atoms with Crippen LogP contribution < -0.4 is 10.2 Å². The smallest absolute Gasteiger partial charge is 0.244 e. The summed E-state index contributed by atoms with van der Waals surface area (Å²) in [5.41, 5.74) is 5.52. The zero-order chi connectivity index (χ0) is 20.3. The Hall–Kier alpha value is -2.92. The average Bonchev–Trinajstić information content (AvgIpc) is 3.52. The van der Waals surface area contributed by atoms with Crippen molar-refractivity contribution in [2.24, 2.45) is 11.0 Å². The molecule has 0 aliphatic heterocycles. The summed E-state index contributed by atoms with van der Waals surface area (Å²) in [6.07, 6.45) is 2.37. The van der Waals surface area contributed by atoms with Gasteiger partial charge in [-0.3, -0.25) is 4.79 Å². The molecule has 0 aromatic heterocycles. The molecular weight excluding hydrogens is 428 g/mol. The highest BCUT2D eigenvalue weighted by molar-refractivity contribution is 9.10. The minimum absolute atomic E-state index is 0.0806. The van der Waals surface area contributed by atoms with Crippen molar-refractivity contribution in [2.45, 2.75) is 11.8 Å². The summed E-state index contributed by atoms with van der Waals surface area (Å²) in [5.74, 6) is 0.456. The standard InChI is InChI=1S/C24H21BrN2O2/c1-29-22-13-12-20(25)14-17(22)16-26-27-23(28)21-15-24(21,18-8-4-2-5-9-18)19-10-6-3-7-11-19/h2-14,16,21H,15H2,1H3,(H,27,28)/b26-16+/t21-/m0/s1. The van der Waals surface area contributed by atoms with Gasteiger partial charge in [-0.25, -0.2) is 5.43 Å². The maximum atomic E-state index is 12.9. The molecule has 3 aromatic carbocycles. The molecule has 1 fully saturated rings. The van der Waals surface area contributed by atoms with Crippen molar-refractivity contribution >= 4 is 28.1 Å². The zero-order valence-corrected chi connectivity index (χ0v) is 17.6. The second-order valence-electron chi connectivity index (χ2n) is 7.08. The van der Waals surface area contributed by atoms with Crippen LogP contribution in [0.15, 0.2) is 88.4 Å². The third-order valence-corrected chi connectivity index (χ3v) is 5.92. The number of amides is 1. The Balaban J connectivity index is 1.54. The summed E-state index contributed by atoms with van der Waals surface area (Å²) < 4.78 is 6.26. The Bertz CT molecular complexity index is 996. The van der Waals surface area contributed by atoms with E-state index >= 15 is 0 Å². The summed E-state index contributed by atoms with van der Waals surface area (Å²) in [6.45, 7) is 0. The normalized spacial score (nSPS) is 17.1. The van der Waals surface area contributed by atoms with Crippen LogP contribution in [0.25, 0.3) is 0 Å². The molecule has 1 saturated carbocycles. The molecule has 1 amide bonds. The van der Waals surface area contributed by atoms with Crippen molar-refractivity contribution in [2.75, 3.05) is 7.11 Å². The zero-order valence-electron chi connectivity index (χ0n) is 16.0. The highest BCUT2D eigenvalue weighted by Gasteiger charge is 2.60. The summed E-state index contributed by atoms with van der Waals surface area (Å²) >= 11 is 3.44. The SMILES string of the molecule is COc1ccc(Br)cc1/C=N/NC(=O)[C@@H]1CC1(c1ccccc1)c1ccccc1. The van der Waals surface area contributed by atoms with Crippen LogP contribution in [-0.4, -0.2) is 19.2 Å². The van der Waals surface area contributed by atoms with Crippen molar-refractivity contribution in [1.82, 2.24) is 5.43 Å². The van der Waals surface area contributed by atoms with E-state index in [2.05, 4.69) is 50.7 Å². The number of hydrogen-bond donors (Lipinski definition) is 1. The number of halogens is 1. The van der Waals surface area contributed by atoms with Gasteiger partial charge in [0.25, 0.3) is 0 Å². The summed E-state index contributed by atoms with van der Waals surface area (Å²) in [6, 6.07) is 26.1. The number of carbonyl (C=O) groups is 1. The van der Waals surface area contributed by atoms with Gasteiger partial charge in [-0.05, 0) is 35.7 Å². The molecule has 1 aliphatic carbocycles. The second kappa shape index (κ2) is 8.21. The Morgan fingerprint density at radius 3 is 2.28 bits per heavy atom. The molecule has 5 heteroatoms. The van der Waals surface area contributed by atoms with Gasteiger partial charge in [0.15, 0.2) is 0 Å². The van der Waals surface area contributed by atoms with E-state index in [0.29, 0.717) is 5.75 Å². The number of benzene rings is 3. The quantitative estimate of drug-likeness (QED) is 0.429. The Kier molecular flexibility index (Phi) is 5.49. The molecule has 0 heterocycles. The molecule has 0 spiro atoms. The van der Waals surface area contributed by atoms with Crippen molar-refractivity contribution in [1.29, 1.82) is 0 Å². The molecular formula is C24H21BrN2O2. The fourth-order valence-electron chi connectivity index (χ4n) is 3.90. The predicted octanol–water partition coefficient (Wildman–Crippen LogP) is 4.91. The maximum Gasteiger partial charge on any atom is 0.244 e. The number of hydrogen-bond acceptors (Lipinski definition) is 3. The third-order valence-electron chi connectivity index (χ3n) is 5.43. The fraction of sp³-hybridized carbons (Fsp3) is 0.167. The first-order valence-electron chi connectivity index (χ1n) is 9.42. The topological polar surface area (TPSA) is 50.7 Å². The molecule has 0 saturated heterocycles. The van der Waals surface area contributed by atoms with Crippen LogP contribution in [0.4, 0.5) is 0 Å². The van der Waals surface area contributed by atoms with E-state index in [4.69, 9.17) is 4.74 Å². The highest BCUT2D eigenvalue weighted by atomic mass is 79.9. The molecule has 4 nitrogen and oxygen atoms in total. The first-order chi connectivity index (χ1) is 14.1. The molecule has 4 rings (SSSR count). The molecule has 0 bridgehead atoms. The van der Waals surface area contributed by atoms with Crippen molar-refractivity contribution in [3.05, 3.63) is 100 Å². The number of hydrazone groups is 1. The Morgan fingerprint density at radius 1 is 1.07 bits per heavy atom. The fourth-order valence-corrected chi connectivity index (χ4v) is 4.28. The van der Waals surface area contributed by atoms with Gasteiger partial charge in [-0.1, -0.05) is 76.6 Å². The van der Waals surface area contributed by atoms with E-state index < -0.39 is 0 Å². The van der Waals surface area contributed by atoms with E-state index in [1.165, 1.54) is 0 Å². The minimum Gasteiger partial charge on any atom is -0.496 e. The molecule has 3 aromatic rings. The number of methoxy groups -OCH3 is 1. The third kappa shape index (κ3) is 3.83. The van der Waals surface area contributed by atoms with Gasteiger partial charge in [0, 0.05) is 15.5 Å². The number of rotatable bonds is 6. The monoisotopic (exact) mass is 448 g/mol. The lowest BCUT2D eigenvalue weighted by Gasteiger charge is -2.18. The van der Waals surface area contributed by atoms with E-state index in [1.807, 2.05) is 54.6 Å². The van der Waals surface area contributed by atoms with Crippen LogP contribution in [0.1, 0.15) is 23.1 Å². The van der Waals surface area contributed by atoms with Gasteiger partial charge in [-0.2, -0.15) is 5.10 Å². The molecule has 146 valence electrons. The largest absolute Gasteiger partial charge is 0.496 e. The van der Waals surface area contributed by atoms with Crippen LogP contribution in [0.2, 0.25) is 0 Å².